The summed E-state index contributed by atoms with van der Waals surface area (Å²) in [7, 11) is 0. The Bertz CT molecular complexity index is 1350. The van der Waals surface area contributed by atoms with Crippen molar-refractivity contribution in [3.05, 3.63) is 57.6 Å². The number of phenolic OH excluding ortho intramolecular Hbond substituents is 2. The summed E-state index contributed by atoms with van der Waals surface area (Å²) < 4.78 is 11.7. The highest BCUT2D eigenvalue weighted by atomic mass is 32.2. The van der Waals surface area contributed by atoms with Gasteiger partial charge in [-0.25, -0.2) is 0 Å². The highest BCUT2D eigenvalue weighted by molar-refractivity contribution is 8.02. The summed E-state index contributed by atoms with van der Waals surface area (Å²) in [6, 6.07) is 8.41. The minimum atomic E-state index is -0.204. The van der Waals surface area contributed by atoms with Crippen molar-refractivity contribution in [3.8, 4) is 11.5 Å². The van der Waals surface area contributed by atoms with Gasteiger partial charge in [-0.05, 0) is 94.6 Å². The van der Waals surface area contributed by atoms with Crippen molar-refractivity contribution in [1.82, 2.24) is 0 Å². The van der Waals surface area contributed by atoms with E-state index in [2.05, 4.69) is 107 Å². The first-order valence-electron chi connectivity index (χ1n) is 19.9. The second-order valence-electron chi connectivity index (χ2n) is 19.6. The van der Waals surface area contributed by atoms with Crippen molar-refractivity contribution in [2.75, 3.05) is 23.0 Å². The van der Waals surface area contributed by atoms with Gasteiger partial charge >= 0.3 is 11.9 Å². The van der Waals surface area contributed by atoms with Crippen molar-refractivity contribution in [2.24, 2.45) is 11.8 Å². The summed E-state index contributed by atoms with van der Waals surface area (Å²) in [5, 5.41) is 22.1. The van der Waals surface area contributed by atoms with Gasteiger partial charge in [-0.3, -0.25) is 9.59 Å². The molecule has 0 aromatic heterocycles. The second-order valence-corrected chi connectivity index (χ2v) is 21.9. The lowest BCUT2D eigenvalue weighted by atomic mass is 9.78. The number of thioether (sulfide) groups is 2. The number of benzene rings is 2. The molecule has 2 rings (SSSR count). The van der Waals surface area contributed by atoms with E-state index in [0.717, 1.165) is 57.7 Å². The molecular formula is C46H74O6S2. The second kappa shape index (κ2) is 19.7. The molecule has 0 saturated heterocycles. The Balaban J connectivity index is 1.74. The lowest BCUT2D eigenvalue weighted by molar-refractivity contribution is -0.153. The Kier molecular flexibility index (Phi) is 17.5. The van der Waals surface area contributed by atoms with Crippen LogP contribution >= 0.6 is 23.5 Å². The summed E-state index contributed by atoms with van der Waals surface area (Å²) >= 11 is 3.48. The third-order valence-corrected chi connectivity index (χ3v) is 12.5. The van der Waals surface area contributed by atoms with Gasteiger partial charge in [0.05, 0.1) is 24.0 Å². The maximum Gasteiger partial charge on any atom is 0.309 e. The Morgan fingerprint density at radius 3 is 1.04 bits per heavy atom. The van der Waals surface area contributed by atoms with Crippen LogP contribution in [0, 0.1) is 11.8 Å². The summed E-state index contributed by atoms with van der Waals surface area (Å²) in [4.78, 5) is 25.7. The van der Waals surface area contributed by atoms with E-state index < -0.39 is 0 Å². The number of esters is 2. The number of hydrogen-bond acceptors (Lipinski definition) is 8. The zero-order valence-electron chi connectivity index (χ0n) is 36.6. The van der Waals surface area contributed by atoms with Gasteiger partial charge in [0.15, 0.2) is 0 Å². The molecule has 2 aromatic rings. The molecule has 0 amide bonds. The van der Waals surface area contributed by atoms with Crippen LogP contribution in [0.1, 0.15) is 157 Å². The minimum absolute atomic E-state index is 0.167. The van der Waals surface area contributed by atoms with Crippen LogP contribution in [0.3, 0.4) is 0 Å². The van der Waals surface area contributed by atoms with Crippen molar-refractivity contribution < 1.29 is 29.3 Å². The van der Waals surface area contributed by atoms with Gasteiger partial charge in [-0.2, -0.15) is 23.5 Å². The monoisotopic (exact) mass is 786 g/mol. The lowest BCUT2D eigenvalue weighted by Crippen LogP contribution is -2.23. The lowest BCUT2D eigenvalue weighted by Gasteiger charge is -2.28. The van der Waals surface area contributed by atoms with Crippen molar-refractivity contribution >= 4 is 35.5 Å². The maximum atomic E-state index is 12.9. The van der Waals surface area contributed by atoms with E-state index in [-0.39, 0.29) is 57.6 Å². The van der Waals surface area contributed by atoms with Crippen LogP contribution in [0.4, 0.5) is 0 Å². The average Bonchev–Trinajstić information content (AvgIpc) is 3.02. The molecule has 306 valence electrons. The number of phenols is 2. The first-order chi connectivity index (χ1) is 24.6. The number of aromatic hydroxyl groups is 2. The fourth-order valence-electron chi connectivity index (χ4n) is 6.22. The Morgan fingerprint density at radius 1 is 0.537 bits per heavy atom. The molecular weight excluding hydrogens is 713 g/mol. The molecule has 4 atom stereocenters. The third-order valence-electron chi connectivity index (χ3n) is 9.80. The Hall–Kier alpha value is -2.32. The zero-order chi connectivity index (χ0) is 41.4. The number of aryl methyl sites for hydroxylation is 2. The van der Waals surface area contributed by atoms with E-state index in [4.69, 9.17) is 9.47 Å². The fourth-order valence-corrected chi connectivity index (χ4v) is 8.48. The molecule has 4 unspecified atom stereocenters. The molecule has 0 fully saturated rings. The largest absolute Gasteiger partial charge is 0.507 e. The molecule has 0 bridgehead atoms. The smallest absolute Gasteiger partial charge is 0.309 e. The zero-order valence-corrected chi connectivity index (χ0v) is 38.3. The van der Waals surface area contributed by atoms with Gasteiger partial charge < -0.3 is 19.7 Å². The van der Waals surface area contributed by atoms with Gasteiger partial charge in [0.2, 0.25) is 0 Å². The number of carbonyl (C=O) groups excluding carboxylic acids is 2. The molecule has 8 heteroatoms. The highest BCUT2D eigenvalue weighted by Gasteiger charge is 2.28. The molecule has 0 aliphatic rings. The standard InChI is InChI=1S/C46H74O6S2/c1-29(41(49)51-31(3)17-19-33-23-35(43(5,6)7)39(47)36(24-33)44(8,9)10)27-53-21-22-54-28-30(2)42(50)52-32(4)18-20-34-25-37(45(11,12)13)40(48)38(26-34)46(14,15)16/h23-26,29-32,47-48H,17-22,27-28H2,1-16H3. The first kappa shape index (κ1) is 47.8. The van der Waals surface area contributed by atoms with Crippen molar-refractivity contribution in [1.29, 1.82) is 0 Å². The fraction of sp³-hybridized carbons (Fsp3) is 0.696. The maximum absolute atomic E-state index is 12.9. The molecule has 0 saturated carbocycles. The van der Waals surface area contributed by atoms with Crippen LogP contribution in [0.15, 0.2) is 24.3 Å². The SMILES string of the molecule is CC(CCc1cc(C(C)(C)C)c(O)c(C(C)(C)C)c1)OC(=O)C(C)CSCCSCC(C)C(=O)OC(C)CCc1cc(C(C)(C)C)c(O)c(C(C)(C)C)c1. The van der Waals surface area contributed by atoms with Crippen molar-refractivity contribution in [2.45, 2.75) is 170 Å². The third kappa shape index (κ3) is 15.0. The molecule has 0 aliphatic carbocycles. The molecule has 0 heterocycles. The molecule has 2 aromatic carbocycles. The van der Waals surface area contributed by atoms with E-state index in [1.807, 2.05) is 27.7 Å². The minimum Gasteiger partial charge on any atom is -0.507 e. The quantitative estimate of drug-likeness (QED) is 0.121. The number of ether oxygens (including phenoxy) is 2. The molecule has 2 N–H and O–H groups in total. The van der Waals surface area contributed by atoms with E-state index in [0.29, 0.717) is 35.8 Å². The molecule has 0 aliphatic heterocycles. The molecule has 0 radical (unpaired) electrons. The predicted octanol–water partition coefficient (Wildman–Crippen LogP) is 11.5. The Labute approximate surface area is 337 Å². The first-order valence-corrected chi connectivity index (χ1v) is 22.2. The van der Waals surface area contributed by atoms with Gasteiger partial charge in [0, 0.05) is 23.0 Å². The van der Waals surface area contributed by atoms with E-state index in [1.54, 1.807) is 23.5 Å². The number of carbonyl (C=O) groups is 2. The number of hydrogen-bond donors (Lipinski definition) is 2. The molecule has 54 heavy (non-hydrogen) atoms. The van der Waals surface area contributed by atoms with Gasteiger partial charge in [0.25, 0.3) is 0 Å². The van der Waals surface area contributed by atoms with Crippen LogP contribution in [-0.2, 0) is 53.6 Å². The Morgan fingerprint density at radius 2 is 0.796 bits per heavy atom. The van der Waals surface area contributed by atoms with E-state index in [1.165, 1.54) is 0 Å². The predicted molar refractivity (Wildman–Crippen MR) is 232 cm³/mol. The summed E-state index contributed by atoms with van der Waals surface area (Å²) in [5.41, 5.74) is 5.37. The van der Waals surface area contributed by atoms with E-state index in [9.17, 15) is 19.8 Å². The highest BCUT2D eigenvalue weighted by Crippen LogP contribution is 2.41. The number of rotatable bonds is 17. The molecule has 6 nitrogen and oxygen atoms in total. The topological polar surface area (TPSA) is 93.1 Å². The summed E-state index contributed by atoms with van der Waals surface area (Å²) in [6.07, 6.45) is 2.56. The van der Waals surface area contributed by atoms with E-state index >= 15 is 0 Å². The van der Waals surface area contributed by atoms with Crippen LogP contribution in [0.25, 0.3) is 0 Å². The van der Waals surface area contributed by atoms with Gasteiger partial charge in [-0.1, -0.05) is 121 Å². The van der Waals surface area contributed by atoms with Crippen LogP contribution in [-0.4, -0.2) is 57.4 Å². The van der Waals surface area contributed by atoms with Gasteiger partial charge in [0.1, 0.15) is 11.5 Å². The van der Waals surface area contributed by atoms with Crippen LogP contribution in [0.5, 0.6) is 11.5 Å². The van der Waals surface area contributed by atoms with Crippen LogP contribution < -0.4 is 0 Å². The summed E-state index contributed by atoms with van der Waals surface area (Å²) in [6.45, 7) is 33.2. The summed E-state index contributed by atoms with van der Waals surface area (Å²) in [5.74, 6) is 3.20. The van der Waals surface area contributed by atoms with Crippen LogP contribution in [0.2, 0.25) is 0 Å². The van der Waals surface area contributed by atoms with Crippen molar-refractivity contribution in [3.63, 3.8) is 0 Å². The normalized spacial score (nSPS) is 15.0. The average molecular weight is 787 g/mol. The van der Waals surface area contributed by atoms with Gasteiger partial charge in [-0.15, -0.1) is 0 Å². The molecule has 0 spiro atoms.